The molecule has 7 nitrogen and oxygen atoms in total. The number of fused-ring (bicyclic) bond motifs is 1. The predicted octanol–water partition coefficient (Wildman–Crippen LogP) is 4.08. The van der Waals surface area contributed by atoms with Crippen LogP contribution in [0.25, 0.3) is 0 Å². The number of carboxylic acids is 1. The van der Waals surface area contributed by atoms with Crippen LogP contribution in [0.1, 0.15) is 33.4 Å². The minimum atomic E-state index is -1.05. The molecular formula is C20H16ClFN4O3. The Kier molecular flexibility index (Phi) is 4.94. The third-order valence-corrected chi connectivity index (χ3v) is 5.06. The van der Waals surface area contributed by atoms with Gasteiger partial charge >= 0.3 is 12.0 Å². The van der Waals surface area contributed by atoms with E-state index in [1.165, 1.54) is 41.6 Å². The molecule has 2 heterocycles. The number of carbonyl (C=O) groups is 2. The summed E-state index contributed by atoms with van der Waals surface area (Å²) in [5, 5.41) is 12.0. The largest absolute Gasteiger partial charge is 0.478 e. The molecule has 0 saturated carbocycles. The van der Waals surface area contributed by atoms with Gasteiger partial charge in [0.05, 0.1) is 17.6 Å². The summed E-state index contributed by atoms with van der Waals surface area (Å²) >= 11 is 5.88. The van der Waals surface area contributed by atoms with Crippen molar-refractivity contribution in [1.82, 2.24) is 14.9 Å². The Morgan fingerprint density at radius 1 is 1.24 bits per heavy atom. The lowest BCUT2D eigenvalue weighted by atomic mass is 9.95. The number of anilines is 1. The number of imidazole rings is 1. The second-order valence-corrected chi connectivity index (χ2v) is 7.03. The van der Waals surface area contributed by atoms with E-state index in [1.54, 1.807) is 12.1 Å². The number of hydrogen-bond acceptors (Lipinski definition) is 3. The molecule has 1 aliphatic rings. The highest BCUT2D eigenvalue weighted by atomic mass is 35.5. The molecular weight excluding hydrogens is 399 g/mol. The number of aromatic carboxylic acids is 1. The Labute approximate surface area is 170 Å². The Hall–Kier alpha value is -3.39. The topological polar surface area (TPSA) is 98.3 Å². The normalized spacial score (nSPS) is 15.7. The lowest BCUT2D eigenvalue weighted by molar-refractivity contribution is 0.0697. The number of urea groups is 1. The van der Waals surface area contributed by atoms with Gasteiger partial charge in [-0.15, -0.1) is 0 Å². The fourth-order valence-corrected chi connectivity index (χ4v) is 3.58. The van der Waals surface area contributed by atoms with Gasteiger partial charge in [-0.1, -0.05) is 17.7 Å². The third-order valence-electron chi connectivity index (χ3n) is 4.83. The van der Waals surface area contributed by atoms with Crippen molar-refractivity contribution in [3.05, 3.63) is 82.1 Å². The smallest absolute Gasteiger partial charge is 0.335 e. The van der Waals surface area contributed by atoms with Crippen molar-refractivity contribution >= 4 is 29.3 Å². The number of amides is 2. The van der Waals surface area contributed by atoms with Gasteiger partial charge in [0.2, 0.25) is 0 Å². The van der Waals surface area contributed by atoms with E-state index in [1.807, 2.05) is 0 Å². The highest BCUT2D eigenvalue weighted by molar-refractivity contribution is 6.30. The number of nitrogens with zero attached hydrogens (tertiary/aromatic N) is 2. The van der Waals surface area contributed by atoms with Crippen LogP contribution >= 0.6 is 11.6 Å². The highest BCUT2D eigenvalue weighted by Crippen LogP contribution is 2.35. The van der Waals surface area contributed by atoms with Gasteiger partial charge in [0, 0.05) is 34.9 Å². The molecule has 2 amide bonds. The zero-order valence-electron chi connectivity index (χ0n) is 15.0. The van der Waals surface area contributed by atoms with Crippen LogP contribution < -0.4 is 5.32 Å². The minimum Gasteiger partial charge on any atom is -0.478 e. The van der Waals surface area contributed by atoms with Gasteiger partial charge in [0.25, 0.3) is 0 Å². The number of benzene rings is 2. The lowest BCUT2D eigenvalue weighted by Crippen LogP contribution is -2.43. The van der Waals surface area contributed by atoms with Crippen molar-refractivity contribution in [1.29, 1.82) is 0 Å². The van der Waals surface area contributed by atoms with Gasteiger partial charge in [0.1, 0.15) is 11.9 Å². The third kappa shape index (κ3) is 3.66. The quantitative estimate of drug-likeness (QED) is 0.601. The van der Waals surface area contributed by atoms with Crippen molar-refractivity contribution < 1.29 is 19.1 Å². The molecule has 0 spiro atoms. The van der Waals surface area contributed by atoms with Crippen molar-refractivity contribution in [3.8, 4) is 0 Å². The standard InChI is InChI=1S/C20H16ClFN4O3/c21-12-3-6-14(15(22)9-12)18-17-16(23-10-24-17)7-8-26(18)20(29)25-13-4-1-11(2-5-13)19(27)28/h1-6,9-10,18H,7-8H2,(H,23,24)(H,25,29)(H,27,28)/t18-/m1/s1. The summed E-state index contributed by atoms with van der Waals surface area (Å²) in [7, 11) is 0. The number of aromatic amines is 1. The summed E-state index contributed by atoms with van der Waals surface area (Å²) in [5.41, 5.74) is 2.26. The maximum absolute atomic E-state index is 14.7. The SMILES string of the molecule is O=C(O)c1ccc(NC(=O)N2CCc3[nH]cnc3[C@H]2c2ccc(Cl)cc2F)cc1. The summed E-state index contributed by atoms with van der Waals surface area (Å²) in [6.45, 7) is 0.348. The lowest BCUT2D eigenvalue weighted by Gasteiger charge is -2.35. The summed E-state index contributed by atoms with van der Waals surface area (Å²) in [6, 6.07) is 8.97. The van der Waals surface area contributed by atoms with E-state index < -0.39 is 23.9 Å². The first-order valence-corrected chi connectivity index (χ1v) is 9.20. The number of nitrogens with one attached hydrogen (secondary N) is 2. The number of hydrogen-bond donors (Lipinski definition) is 3. The molecule has 0 unspecified atom stereocenters. The Morgan fingerprint density at radius 3 is 2.69 bits per heavy atom. The molecule has 2 aromatic carbocycles. The van der Waals surface area contributed by atoms with Crippen LogP contribution in [0, 0.1) is 5.82 Å². The van der Waals surface area contributed by atoms with E-state index in [2.05, 4.69) is 15.3 Å². The highest BCUT2D eigenvalue weighted by Gasteiger charge is 2.35. The van der Waals surface area contributed by atoms with Crippen molar-refractivity contribution in [3.63, 3.8) is 0 Å². The zero-order chi connectivity index (χ0) is 20.5. The number of aromatic nitrogens is 2. The first-order chi connectivity index (χ1) is 13.9. The van der Waals surface area contributed by atoms with Crippen LogP contribution in [0.4, 0.5) is 14.9 Å². The van der Waals surface area contributed by atoms with Crippen molar-refractivity contribution in [2.75, 3.05) is 11.9 Å². The number of H-pyrrole nitrogens is 1. The van der Waals surface area contributed by atoms with Gasteiger partial charge in [-0.05, 0) is 36.4 Å². The summed E-state index contributed by atoms with van der Waals surface area (Å²) in [6.07, 6.45) is 2.07. The van der Waals surface area contributed by atoms with Gasteiger partial charge < -0.3 is 20.3 Å². The molecule has 3 aromatic rings. The molecule has 9 heteroatoms. The van der Waals surface area contributed by atoms with E-state index in [4.69, 9.17) is 16.7 Å². The molecule has 0 radical (unpaired) electrons. The molecule has 1 aliphatic heterocycles. The average Bonchev–Trinajstić information content (AvgIpc) is 3.17. The first-order valence-electron chi connectivity index (χ1n) is 8.82. The van der Waals surface area contributed by atoms with Crippen LogP contribution in [0.5, 0.6) is 0 Å². The van der Waals surface area contributed by atoms with E-state index in [0.717, 1.165) is 5.69 Å². The van der Waals surface area contributed by atoms with E-state index in [-0.39, 0.29) is 10.6 Å². The monoisotopic (exact) mass is 414 g/mol. The Balaban J connectivity index is 1.65. The zero-order valence-corrected chi connectivity index (χ0v) is 15.8. The molecule has 0 saturated heterocycles. The fraction of sp³-hybridized carbons (Fsp3) is 0.150. The molecule has 1 atom stereocenters. The fourth-order valence-electron chi connectivity index (χ4n) is 3.43. The van der Waals surface area contributed by atoms with Crippen molar-refractivity contribution in [2.24, 2.45) is 0 Å². The first kappa shape index (κ1) is 18.9. The van der Waals surface area contributed by atoms with Crippen LogP contribution in [-0.2, 0) is 6.42 Å². The number of halogens is 2. The molecule has 0 aliphatic carbocycles. The second-order valence-electron chi connectivity index (χ2n) is 6.59. The molecule has 1 aromatic heterocycles. The minimum absolute atomic E-state index is 0.114. The molecule has 4 rings (SSSR count). The number of carbonyl (C=O) groups excluding carboxylic acids is 1. The average molecular weight is 415 g/mol. The summed E-state index contributed by atoms with van der Waals surface area (Å²) < 4.78 is 14.7. The second kappa shape index (κ2) is 7.56. The van der Waals surface area contributed by atoms with Gasteiger partial charge in [0.15, 0.2) is 0 Å². The van der Waals surface area contributed by atoms with E-state index in [9.17, 15) is 14.0 Å². The Bertz CT molecular complexity index is 1080. The van der Waals surface area contributed by atoms with E-state index >= 15 is 0 Å². The number of carboxylic acid groups (broad SMARTS) is 1. The van der Waals surface area contributed by atoms with Crippen LogP contribution in [0.3, 0.4) is 0 Å². The molecule has 0 bridgehead atoms. The molecule has 0 fully saturated rings. The van der Waals surface area contributed by atoms with Crippen molar-refractivity contribution in [2.45, 2.75) is 12.5 Å². The van der Waals surface area contributed by atoms with E-state index in [0.29, 0.717) is 29.9 Å². The molecule has 3 N–H and O–H groups in total. The van der Waals surface area contributed by atoms with Crippen LogP contribution in [0.2, 0.25) is 5.02 Å². The van der Waals surface area contributed by atoms with Gasteiger partial charge in [-0.2, -0.15) is 0 Å². The van der Waals surface area contributed by atoms with Crippen LogP contribution in [-0.4, -0.2) is 38.5 Å². The number of rotatable bonds is 3. The van der Waals surface area contributed by atoms with Gasteiger partial charge in [-0.25, -0.2) is 19.0 Å². The predicted molar refractivity (Wildman–Crippen MR) is 105 cm³/mol. The maximum atomic E-state index is 14.7. The summed E-state index contributed by atoms with van der Waals surface area (Å²) in [5.74, 6) is -1.58. The molecule has 29 heavy (non-hydrogen) atoms. The maximum Gasteiger partial charge on any atom is 0.335 e. The Morgan fingerprint density at radius 2 is 2.00 bits per heavy atom. The van der Waals surface area contributed by atoms with Crippen LogP contribution in [0.15, 0.2) is 48.8 Å². The van der Waals surface area contributed by atoms with Gasteiger partial charge in [-0.3, -0.25) is 0 Å². The summed E-state index contributed by atoms with van der Waals surface area (Å²) in [4.78, 5) is 32.8. The molecule has 148 valence electrons.